The number of carbonyl (C=O) groups is 2. The number of carbonyl (C=O) groups excluding carboxylic acids is 2. The molecule has 0 aromatic heterocycles. The summed E-state index contributed by atoms with van der Waals surface area (Å²) in [5.41, 5.74) is 0.877. The third kappa shape index (κ3) is 3.98. The van der Waals surface area contributed by atoms with Crippen molar-refractivity contribution in [3.8, 4) is 0 Å². The average molecular weight is 364 g/mol. The zero-order valence-corrected chi connectivity index (χ0v) is 15.5. The van der Waals surface area contributed by atoms with Crippen LogP contribution in [0, 0.1) is 0 Å². The molecule has 0 aliphatic carbocycles. The van der Waals surface area contributed by atoms with E-state index in [9.17, 15) is 9.59 Å². The normalized spacial score (nSPS) is 22.6. The molecule has 136 valence electrons. The van der Waals surface area contributed by atoms with Gasteiger partial charge >= 0.3 is 0 Å². The van der Waals surface area contributed by atoms with Crippen molar-refractivity contribution >= 4 is 23.4 Å². The number of nitrogens with zero attached hydrogens (tertiary/aromatic N) is 2. The standard InChI is InChI=1S/C19H26ClN3O2/c1-21-18(24)17(14-7-9-15(20)10-8-14)23-13-5-6-16(23)19(25)22-11-3-2-4-12-22/h7-10,16-17H,2-6,11-13H2,1H3,(H,21,24)/t16-,17+/m0/s1. The molecule has 1 aromatic rings. The number of amides is 2. The van der Waals surface area contributed by atoms with E-state index in [1.807, 2.05) is 17.0 Å². The number of benzene rings is 1. The van der Waals surface area contributed by atoms with Gasteiger partial charge in [-0.05, 0) is 49.8 Å². The predicted octanol–water partition coefficient (Wildman–Crippen LogP) is 2.60. The summed E-state index contributed by atoms with van der Waals surface area (Å²) in [6.45, 7) is 2.44. The van der Waals surface area contributed by atoms with Gasteiger partial charge in [0.2, 0.25) is 11.8 Å². The first-order chi connectivity index (χ1) is 12.1. The van der Waals surface area contributed by atoms with Gasteiger partial charge in [-0.1, -0.05) is 23.7 Å². The van der Waals surface area contributed by atoms with E-state index in [0.29, 0.717) is 5.02 Å². The first kappa shape index (κ1) is 18.2. The molecule has 1 N–H and O–H groups in total. The van der Waals surface area contributed by atoms with Crippen molar-refractivity contribution < 1.29 is 9.59 Å². The molecule has 0 spiro atoms. The minimum Gasteiger partial charge on any atom is -0.358 e. The second kappa shape index (κ2) is 8.19. The molecule has 0 radical (unpaired) electrons. The highest BCUT2D eigenvalue weighted by molar-refractivity contribution is 6.30. The Morgan fingerprint density at radius 2 is 1.76 bits per heavy atom. The Balaban J connectivity index is 1.84. The molecule has 0 saturated carbocycles. The van der Waals surface area contributed by atoms with Gasteiger partial charge in [-0.3, -0.25) is 14.5 Å². The highest BCUT2D eigenvalue weighted by Crippen LogP contribution is 2.32. The molecule has 0 unspecified atom stereocenters. The topological polar surface area (TPSA) is 52.7 Å². The molecule has 2 fully saturated rings. The van der Waals surface area contributed by atoms with Crippen LogP contribution in [-0.4, -0.2) is 54.3 Å². The smallest absolute Gasteiger partial charge is 0.241 e. The monoisotopic (exact) mass is 363 g/mol. The van der Waals surface area contributed by atoms with Gasteiger partial charge in [0.1, 0.15) is 6.04 Å². The van der Waals surface area contributed by atoms with E-state index in [4.69, 9.17) is 11.6 Å². The number of likely N-dealkylation sites (tertiary alicyclic amines) is 2. The summed E-state index contributed by atoms with van der Waals surface area (Å²) in [6, 6.07) is 6.68. The molecule has 2 saturated heterocycles. The van der Waals surface area contributed by atoms with Gasteiger partial charge in [0.15, 0.2) is 0 Å². The second-order valence-electron chi connectivity index (χ2n) is 6.85. The first-order valence-electron chi connectivity index (χ1n) is 9.13. The fourth-order valence-corrected chi connectivity index (χ4v) is 4.09. The lowest BCUT2D eigenvalue weighted by Gasteiger charge is -2.35. The Morgan fingerprint density at radius 3 is 2.40 bits per heavy atom. The van der Waals surface area contributed by atoms with Crippen molar-refractivity contribution in [3.63, 3.8) is 0 Å². The van der Waals surface area contributed by atoms with Crippen LogP contribution in [0.1, 0.15) is 43.7 Å². The van der Waals surface area contributed by atoms with E-state index >= 15 is 0 Å². The highest BCUT2D eigenvalue weighted by atomic mass is 35.5. The SMILES string of the molecule is CNC(=O)[C@@H](c1ccc(Cl)cc1)N1CCC[C@H]1C(=O)N1CCCCC1. The lowest BCUT2D eigenvalue weighted by Crippen LogP contribution is -2.50. The molecule has 2 atom stereocenters. The molecule has 3 rings (SSSR count). The summed E-state index contributed by atoms with van der Waals surface area (Å²) in [7, 11) is 1.64. The molecule has 2 heterocycles. The zero-order valence-electron chi connectivity index (χ0n) is 14.7. The van der Waals surface area contributed by atoms with Crippen molar-refractivity contribution in [1.82, 2.24) is 15.1 Å². The van der Waals surface area contributed by atoms with Gasteiger partial charge in [0, 0.05) is 31.7 Å². The maximum Gasteiger partial charge on any atom is 0.241 e. The summed E-state index contributed by atoms with van der Waals surface area (Å²) in [5, 5.41) is 3.40. The summed E-state index contributed by atoms with van der Waals surface area (Å²) < 4.78 is 0. The van der Waals surface area contributed by atoms with Gasteiger partial charge in [0.05, 0.1) is 6.04 Å². The maximum absolute atomic E-state index is 13.0. The molecule has 6 heteroatoms. The van der Waals surface area contributed by atoms with Gasteiger partial charge in [-0.25, -0.2) is 0 Å². The first-order valence-corrected chi connectivity index (χ1v) is 9.51. The van der Waals surface area contributed by atoms with E-state index in [2.05, 4.69) is 10.2 Å². The third-order valence-corrected chi connectivity index (χ3v) is 5.51. The van der Waals surface area contributed by atoms with Crippen LogP contribution in [0.3, 0.4) is 0 Å². The van der Waals surface area contributed by atoms with Gasteiger partial charge in [-0.2, -0.15) is 0 Å². The van der Waals surface area contributed by atoms with Crippen LogP contribution in [0.4, 0.5) is 0 Å². The lowest BCUT2D eigenvalue weighted by molar-refractivity contribution is -0.139. The molecule has 0 bridgehead atoms. The third-order valence-electron chi connectivity index (χ3n) is 5.26. The lowest BCUT2D eigenvalue weighted by atomic mass is 10.0. The van der Waals surface area contributed by atoms with Gasteiger partial charge < -0.3 is 10.2 Å². The van der Waals surface area contributed by atoms with Crippen LogP contribution in [0.5, 0.6) is 0 Å². The number of hydrogen-bond donors (Lipinski definition) is 1. The molecule has 2 aliphatic rings. The Kier molecular flexibility index (Phi) is 5.97. The van der Waals surface area contributed by atoms with Crippen LogP contribution in [-0.2, 0) is 9.59 Å². The van der Waals surface area contributed by atoms with Crippen LogP contribution in [0.2, 0.25) is 5.02 Å². The Labute approximate surface area is 154 Å². The van der Waals surface area contributed by atoms with E-state index < -0.39 is 6.04 Å². The van der Waals surface area contributed by atoms with Crippen LogP contribution >= 0.6 is 11.6 Å². The molecule has 2 amide bonds. The fourth-order valence-electron chi connectivity index (χ4n) is 3.96. The molecule has 5 nitrogen and oxygen atoms in total. The fraction of sp³-hybridized carbons (Fsp3) is 0.579. The van der Waals surface area contributed by atoms with Crippen LogP contribution in [0.25, 0.3) is 0 Å². The molecular formula is C19H26ClN3O2. The second-order valence-corrected chi connectivity index (χ2v) is 7.29. The quantitative estimate of drug-likeness (QED) is 0.894. The Morgan fingerprint density at radius 1 is 1.08 bits per heavy atom. The molecule has 25 heavy (non-hydrogen) atoms. The minimum atomic E-state index is -0.455. The maximum atomic E-state index is 13.0. The predicted molar refractivity (Wildman–Crippen MR) is 98.4 cm³/mol. The van der Waals surface area contributed by atoms with E-state index in [1.165, 1.54) is 6.42 Å². The molecule has 2 aliphatic heterocycles. The molecule has 1 aromatic carbocycles. The Bertz CT molecular complexity index is 614. The van der Waals surface area contributed by atoms with E-state index in [0.717, 1.165) is 50.9 Å². The van der Waals surface area contributed by atoms with Crippen molar-refractivity contribution in [3.05, 3.63) is 34.9 Å². The number of nitrogens with one attached hydrogen (secondary N) is 1. The summed E-state index contributed by atoms with van der Waals surface area (Å²) >= 11 is 6.00. The largest absolute Gasteiger partial charge is 0.358 e. The zero-order chi connectivity index (χ0) is 17.8. The summed E-state index contributed by atoms with van der Waals surface area (Å²) in [6.07, 6.45) is 5.11. The number of rotatable bonds is 4. The van der Waals surface area contributed by atoms with Crippen molar-refractivity contribution in [2.45, 2.75) is 44.2 Å². The minimum absolute atomic E-state index is 0.0827. The van der Waals surface area contributed by atoms with Crippen molar-refractivity contribution in [1.29, 1.82) is 0 Å². The van der Waals surface area contributed by atoms with Crippen molar-refractivity contribution in [2.24, 2.45) is 0 Å². The number of piperidine rings is 1. The van der Waals surface area contributed by atoms with Crippen LogP contribution < -0.4 is 5.32 Å². The number of hydrogen-bond acceptors (Lipinski definition) is 3. The number of likely N-dealkylation sites (N-methyl/N-ethyl adjacent to an activating group) is 1. The molecular weight excluding hydrogens is 338 g/mol. The van der Waals surface area contributed by atoms with E-state index in [-0.39, 0.29) is 17.9 Å². The summed E-state index contributed by atoms with van der Waals surface area (Å²) in [5.74, 6) is 0.0979. The summed E-state index contributed by atoms with van der Waals surface area (Å²) in [4.78, 5) is 29.7. The Hall–Kier alpha value is -1.59. The van der Waals surface area contributed by atoms with Gasteiger partial charge in [-0.15, -0.1) is 0 Å². The highest BCUT2D eigenvalue weighted by Gasteiger charge is 2.40. The van der Waals surface area contributed by atoms with Gasteiger partial charge in [0.25, 0.3) is 0 Å². The average Bonchev–Trinajstić information content (AvgIpc) is 3.12. The van der Waals surface area contributed by atoms with E-state index in [1.54, 1.807) is 19.2 Å². The van der Waals surface area contributed by atoms with Crippen molar-refractivity contribution in [2.75, 3.05) is 26.7 Å². The number of halogens is 1. The van der Waals surface area contributed by atoms with Crippen LogP contribution in [0.15, 0.2) is 24.3 Å².